The summed E-state index contributed by atoms with van der Waals surface area (Å²) in [6.07, 6.45) is 2.87. The van der Waals surface area contributed by atoms with Crippen LogP contribution in [0.25, 0.3) is 22.2 Å². The molecule has 2 saturated heterocycles. The number of fused-ring (bicyclic) bond motifs is 1. The Morgan fingerprint density at radius 1 is 1.03 bits per heavy atom. The van der Waals surface area contributed by atoms with Crippen LogP contribution in [0.15, 0.2) is 54.6 Å². The van der Waals surface area contributed by atoms with Crippen LogP contribution in [0.4, 0.5) is 0 Å². The predicted molar refractivity (Wildman–Crippen MR) is 129 cm³/mol. The number of hydrogen-bond acceptors (Lipinski definition) is 4. The fraction of sp³-hybridized carbons (Fsp3) is 0.444. The van der Waals surface area contributed by atoms with Gasteiger partial charge in [-0.15, -0.1) is 0 Å². The summed E-state index contributed by atoms with van der Waals surface area (Å²) < 4.78 is 5.90. The largest absolute Gasteiger partial charge is 0.373 e. The number of carbonyl (C=O) groups excluding carboxylic acids is 1. The quantitative estimate of drug-likeness (QED) is 0.580. The van der Waals surface area contributed by atoms with E-state index < -0.39 is 0 Å². The van der Waals surface area contributed by atoms with E-state index in [9.17, 15) is 4.79 Å². The van der Waals surface area contributed by atoms with Gasteiger partial charge in [-0.05, 0) is 44.9 Å². The minimum atomic E-state index is 0.205. The van der Waals surface area contributed by atoms with Crippen molar-refractivity contribution in [1.82, 2.24) is 14.8 Å². The number of aromatic nitrogens is 1. The lowest BCUT2D eigenvalue weighted by atomic mass is 10.0. The minimum Gasteiger partial charge on any atom is -0.373 e. The highest BCUT2D eigenvalue weighted by molar-refractivity contribution is 6.14. The molecule has 3 atom stereocenters. The van der Waals surface area contributed by atoms with Crippen molar-refractivity contribution in [3.63, 3.8) is 0 Å². The van der Waals surface area contributed by atoms with Gasteiger partial charge in [-0.3, -0.25) is 14.6 Å². The molecule has 168 valence electrons. The minimum absolute atomic E-state index is 0.205. The normalized spacial score (nSPS) is 24.9. The zero-order valence-electron chi connectivity index (χ0n) is 19.1. The van der Waals surface area contributed by atoms with Gasteiger partial charge in [-0.2, -0.15) is 0 Å². The number of likely N-dealkylation sites (tertiary alicyclic amines) is 1. The molecule has 5 heteroatoms. The molecule has 2 aliphatic rings. The number of nitrogens with one attached hydrogen (secondary N) is 1. The van der Waals surface area contributed by atoms with E-state index in [1.54, 1.807) is 0 Å². The maximum Gasteiger partial charge on any atom is 0.179 e. The summed E-state index contributed by atoms with van der Waals surface area (Å²) in [7, 11) is 0. The van der Waals surface area contributed by atoms with Crippen molar-refractivity contribution in [1.29, 1.82) is 0 Å². The molecule has 2 aromatic carbocycles. The van der Waals surface area contributed by atoms with Crippen LogP contribution in [0.1, 0.15) is 37.0 Å². The maximum absolute atomic E-state index is 13.7. The SMILES string of the molecule is CC1CN(CC2CCCN2CC(=O)c2c(-c3ccccc3)[nH]c3ccccc23)CC(C)O1. The smallest absolute Gasteiger partial charge is 0.179 e. The van der Waals surface area contributed by atoms with E-state index in [1.807, 2.05) is 30.3 Å². The van der Waals surface area contributed by atoms with E-state index in [0.29, 0.717) is 12.6 Å². The van der Waals surface area contributed by atoms with Crippen molar-refractivity contribution in [2.24, 2.45) is 0 Å². The zero-order chi connectivity index (χ0) is 22.1. The lowest BCUT2D eigenvalue weighted by Gasteiger charge is -2.38. The second kappa shape index (κ2) is 9.18. The van der Waals surface area contributed by atoms with Crippen molar-refractivity contribution in [3.8, 4) is 11.3 Å². The van der Waals surface area contributed by atoms with Crippen molar-refractivity contribution in [3.05, 3.63) is 60.2 Å². The van der Waals surface area contributed by atoms with Gasteiger partial charge >= 0.3 is 0 Å². The van der Waals surface area contributed by atoms with Gasteiger partial charge in [0.15, 0.2) is 5.78 Å². The predicted octanol–water partition coefficient (Wildman–Crippen LogP) is 4.59. The Balaban J connectivity index is 1.38. The molecule has 0 saturated carbocycles. The van der Waals surface area contributed by atoms with E-state index >= 15 is 0 Å². The van der Waals surface area contributed by atoms with Gasteiger partial charge < -0.3 is 9.72 Å². The third-order valence-corrected chi connectivity index (χ3v) is 6.86. The zero-order valence-corrected chi connectivity index (χ0v) is 19.1. The summed E-state index contributed by atoms with van der Waals surface area (Å²) in [6, 6.07) is 18.8. The van der Waals surface area contributed by atoms with Crippen LogP contribution in [0, 0.1) is 0 Å². The molecule has 3 heterocycles. The second-order valence-electron chi connectivity index (χ2n) is 9.45. The first-order valence-electron chi connectivity index (χ1n) is 11.9. The fourth-order valence-electron chi connectivity index (χ4n) is 5.56. The van der Waals surface area contributed by atoms with Crippen LogP contribution in [0.5, 0.6) is 0 Å². The summed E-state index contributed by atoms with van der Waals surface area (Å²) in [5.41, 5.74) is 3.83. The summed E-state index contributed by atoms with van der Waals surface area (Å²) >= 11 is 0. The number of ketones is 1. The van der Waals surface area contributed by atoms with Crippen LogP contribution >= 0.6 is 0 Å². The van der Waals surface area contributed by atoms with Gasteiger partial charge in [0.1, 0.15) is 0 Å². The van der Waals surface area contributed by atoms with Gasteiger partial charge in [0.2, 0.25) is 0 Å². The number of para-hydroxylation sites is 1. The molecule has 5 nitrogen and oxygen atoms in total. The molecule has 0 bridgehead atoms. The number of Topliss-reactive ketones (excluding diaryl/α,β-unsaturated/α-hetero) is 1. The number of aromatic amines is 1. The number of nitrogens with zero attached hydrogens (tertiary/aromatic N) is 2. The number of carbonyl (C=O) groups is 1. The summed E-state index contributed by atoms with van der Waals surface area (Å²) in [4.78, 5) is 22.2. The monoisotopic (exact) mass is 431 g/mol. The molecule has 0 amide bonds. The first kappa shape index (κ1) is 21.4. The van der Waals surface area contributed by atoms with Crippen molar-refractivity contribution >= 4 is 16.7 Å². The average molecular weight is 432 g/mol. The molecule has 0 spiro atoms. The van der Waals surface area contributed by atoms with Crippen LogP contribution < -0.4 is 0 Å². The van der Waals surface area contributed by atoms with Crippen molar-refractivity contribution in [2.45, 2.75) is 44.9 Å². The Bertz CT molecular complexity index is 1070. The molecule has 3 unspecified atom stereocenters. The van der Waals surface area contributed by atoms with E-state index in [0.717, 1.165) is 66.7 Å². The fourth-order valence-corrected chi connectivity index (χ4v) is 5.56. The first-order chi connectivity index (χ1) is 15.6. The topological polar surface area (TPSA) is 48.6 Å². The molecule has 3 aromatic rings. The van der Waals surface area contributed by atoms with Crippen LogP contribution in [-0.2, 0) is 4.74 Å². The standard InChI is InChI=1S/C27H33N3O2/c1-19-15-29(16-20(2)32-19)17-22-11-8-14-30(22)18-25(31)26-23-12-6-7-13-24(23)28-27(26)21-9-4-3-5-10-21/h3-7,9-10,12-13,19-20,22,28H,8,11,14-18H2,1-2H3. The number of ether oxygens (including phenoxy) is 1. The van der Waals surface area contributed by atoms with Crippen molar-refractivity contribution < 1.29 is 9.53 Å². The third kappa shape index (κ3) is 4.38. The number of benzene rings is 2. The Kier molecular flexibility index (Phi) is 6.13. The highest BCUT2D eigenvalue weighted by Gasteiger charge is 2.32. The lowest BCUT2D eigenvalue weighted by Crippen LogP contribution is -2.50. The van der Waals surface area contributed by atoms with Gasteiger partial charge in [-0.1, -0.05) is 48.5 Å². The lowest BCUT2D eigenvalue weighted by molar-refractivity contribution is -0.0721. The Morgan fingerprint density at radius 2 is 1.75 bits per heavy atom. The molecule has 0 radical (unpaired) electrons. The molecule has 5 rings (SSSR count). The molecular weight excluding hydrogens is 398 g/mol. The van der Waals surface area contributed by atoms with Gasteiger partial charge in [0.25, 0.3) is 0 Å². The van der Waals surface area contributed by atoms with E-state index in [1.165, 1.54) is 0 Å². The summed E-state index contributed by atoms with van der Waals surface area (Å²) in [5, 5.41) is 1.02. The molecule has 0 aliphatic carbocycles. The number of rotatable bonds is 6. The number of hydrogen-bond donors (Lipinski definition) is 1. The second-order valence-corrected chi connectivity index (χ2v) is 9.45. The highest BCUT2D eigenvalue weighted by Crippen LogP contribution is 2.31. The average Bonchev–Trinajstić information content (AvgIpc) is 3.38. The molecule has 1 aromatic heterocycles. The van der Waals surface area contributed by atoms with Gasteiger partial charge in [0, 0.05) is 36.6 Å². The first-order valence-corrected chi connectivity index (χ1v) is 11.9. The van der Waals surface area contributed by atoms with E-state index in [4.69, 9.17) is 4.74 Å². The molecule has 2 aliphatic heterocycles. The Labute approximate surface area is 190 Å². The van der Waals surface area contributed by atoms with Crippen LogP contribution in [0.3, 0.4) is 0 Å². The summed E-state index contributed by atoms with van der Waals surface area (Å²) in [5.74, 6) is 0.205. The van der Waals surface area contributed by atoms with E-state index in [-0.39, 0.29) is 18.0 Å². The maximum atomic E-state index is 13.7. The van der Waals surface area contributed by atoms with Crippen LogP contribution in [0.2, 0.25) is 0 Å². The Hall–Kier alpha value is -2.47. The van der Waals surface area contributed by atoms with Gasteiger partial charge in [0.05, 0.1) is 30.0 Å². The Morgan fingerprint density at radius 3 is 2.53 bits per heavy atom. The third-order valence-electron chi connectivity index (χ3n) is 6.86. The number of H-pyrrole nitrogens is 1. The van der Waals surface area contributed by atoms with Crippen molar-refractivity contribution in [2.75, 3.05) is 32.7 Å². The summed E-state index contributed by atoms with van der Waals surface area (Å²) in [6.45, 7) is 8.75. The van der Waals surface area contributed by atoms with E-state index in [2.05, 4.69) is 52.9 Å². The van der Waals surface area contributed by atoms with Gasteiger partial charge in [-0.25, -0.2) is 0 Å². The highest BCUT2D eigenvalue weighted by atomic mass is 16.5. The molecule has 32 heavy (non-hydrogen) atoms. The molecular formula is C27H33N3O2. The molecule has 2 fully saturated rings. The molecule has 1 N–H and O–H groups in total. The van der Waals surface area contributed by atoms with Crippen LogP contribution in [-0.4, -0.2) is 71.5 Å². The number of morpholine rings is 1.